The van der Waals surface area contributed by atoms with Gasteiger partial charge in [0, 0.05) is 26.2 Å². The molecule has 0 saturated carbocycles. The zero-order valence-corrected chi connectivity index (χ0v) is 12.0. The highest BCUT2D eigenvalue weighted by atomic mass is 32.2. The summed E-state index contributed by atoms with van der Waals surface area (Å²) in [6, 6.07) is 3.61. The Bertz CT molecular complexity index is 577. The summed E-state index contributed by atoms with van der Waals surface area (Å²) in [5.41, 5.74) is 5.88. The van der Waals surface area contributed by atoms with Crippen molar-refractivity contribution in [3.05, 3.63) is 18.3 Å². The fraction of sp³-hybridized carbons (Fsp3) is 0.455. The molecule has 1 aliphatic rings. The van der Waals surface area contributed by atoms with E-state index in [-0.39, 0.29) is 5.96 Å². The third-order valence-electron chi connectivity index (χ3n) is 3.06. The van der Waals surface area contributed by atoms with E-state index in [2.05, 4.69) is 10.3 Å². The molecule has 0 atom stereocenters. The molecule has 1 aliphatic heterocycles. The number of pyridine rings is 1. The summed E-state index contributed by atoms with van der Waals surface area (Å²) in [5.74, 6) is 0.647. The van der Waals surface area contributed by atoms with Crippen molar-refractivity contribution in [2.75, 3.05) is 42.7 Å². The van der Waals surface area contributed by atoms with E-state index in [1.54, 1.807) is 12.3 Å². The van der Waals surface area contributed by atoms with Crippen LogP contribution in [0, 0.1) is 5.41 Å². The fourth-order valence-corrected chi connectivity index (χ4v) is 2.88. The SMILES string of the molecule is CS(=O)(=O)N1CCN(c2ccc(NC(=N)N)cn2)CC1. The van der Waals surface area contributed by atoms with Crippen molar-refractivity contribution in [2.24, 2.45) is 5.73 Å². The number of anilines is 2. The van der Waals surface area contributed by atoms with Gasteiger partial charge in [-0.25, -0.2) is 13.4 Å². The molecule has 0 amide bonds. The first-order valence-electron chi connectivity index (χ1n) is 6.13. The first-order chi connectivity index (χ1) is 9.36. The molecule has 1 aromatic heterocycles. The number of sulfonamides is 1. The lowest BCUT2D eigenvalue weighted by Gasteiger charge is -2.33. The number of hydrogen-bond acceptors (Lipinski definition) is 5. The van der Waals surface area contributed by atoms with Crippen molar-refractivity contribution in [3.8, 4) is 0 Å². The molecule has 2 rings (SSSR count). The Balaban J connectivity index is 1.99. The van der Waals surface area contributed by atoms with E-state index in [4.69, 9.17) is 11.1 Å². The van der Waals surface area contributed by atoms with Gasteiger partial charge in [-0.1, -0.05) is 0 Å². The molecule has 2 heterocycles. The molecule has 0 radical (unpaired) electrons. The molecule has 1 aromatic rings. The Morgan fingerprint density at radius 3 is 2.45 bits per heavy atom. The average molecular weight is 298 g/mol. The summed E-state index contributed by atoms with van der Waals surface area (Å²) >= 11 is 0. The fourth-order valence-electron chi connectivity index (χ4n) is 2.05. The van der Waals surface area contributed by atoms with Crippen LogP contribution in [0.5, 0.6) is 0 Å². The smallest absolute Gasteiger partial charge is 0.211 e. The Morgan fingerprint density at radius 2 is 2.00 bits per heavy atom. The van der Waals surface area contributed by atoms with Crippen LogP contribution in [0.1, 0.15) is 0 Å². The zero-order chi connectivity index (χ0) is 14.8. The number of nitrogens with one attached hydrogen (secondary N) is 2. The zero-order valence-electron chi connectivity index (χ0n) is 11.2. The van der Waals surface area contributed by atoms with Gasteiger partial charge in [-0.15, -0.1) is 0 Å². The summed E-state index contributed by atoms with van der Waals surface area (Å²) in [5, 5.41) is 9.78. The molecule has 8 nitrogen and oxygen atoms in total. The maximum atomic E-state index is 11.4. The van der Waals surface area contributed by atoms with Crippen LogP contribution >= 0.6 is 0 Å². The van der Waals surface area contributed by atoms with Crippen molar-refractivity contribution in [3.63, 3.8) is 0 Å². The van der Waals surface area contributed by atoms with Crippen LogP contribution < -0.4 is 16.0 Å². The van der Waals surface area contributed by atoms with Crippen molar-refractivity contribution in [1.29, 1.82) is 5.41 Å². The predicted octanol–water partition coefficient (Wildman–Crippen LogP) is -0.531. The minimum atomic E-state index is -3.11. The van der Waals surface area contributed by atoms with Gasteiger partial charge in [-0.05, 0) is 12.1 Å². The molecule has 20 heavy (non-hydrogen) atoms. The molecule has 4 N–H and O–H groups in total. The summed E-state index contributed by atoms with van der Waals surface area (Å²) in [6.45, 7) is 2.15. The van der Waals surface area contributed by atoms with Gasteiger partial charge in [-0.2, -0.15) is 4.31 Å². The number of hydrogen-bond donors (Lipinski definition) is 3. The molecule has 0 spiro atoms. The van der Waals surface area contributed by atoms with Gasteiger partial charge in [0.05, 0.1) is 18.1 Å². The number of piperazine rings is 1. The van der Waals surface area contributed by atoms with E-state index in [1.807, 2.05) is 11.0 Å². The molecule has 1 fully saturated rings. The Labute approximate surface area is 118 Å². The molecule has 9 heteroatoms. The van der Waals surface area contributed by atoms with Crippen molar-refractivity contribution < 1.29 is 8.42 Å². The summed E-state index contributed by atoms with van der Waals surface area (Å²) in [7, 11) is -3.11. The summed E-state index contributed by atoms with van der Waals surface area (Å²) in [4.78, 5) is 6.31. The molecule has 0 bridgehead atoms. The minimum absolute atomic E-state index is 0.138. The van der Waals surface area contributed by atoms with Crippen molar-refractivity contribution in [1.82, 2.24) is 9.29 Å². The van der Waals surface area contributed by atoms with E-state index in [0.29, 0.717) is 31.9 Å². The van der Waals surface area contributed by atoms with Crippen LogP contribution in [0.4, 0.5) is 11.5 Å². The number of rotatable bonds is 3. The molecular formula is C11H18N6O2S. The van der Waals surface area contributed by atoms with Gasteiger partial charge in [0.15, 0.2) is 5.96 Å². The molecule has 0 aromatic carbocycles. The third-order valence-corrected chi connectivity index (χ3v) is 4.36. The molecular weight excluding hydrogens is 280 g/mol. The Morgan fingerprint density at radius 1 is 1.35 bits per heavy atom. The molecule has 0 unspecified atom stereocenters. The van der Waals surface area contributed by atoms with Crippen molar-refractivity contribution in [2.45, 2.75) is 0 Å². The lowest BCUT2D eigenvalue weighted by Crippen LogP contribution is -2.48. The number of nitrogens with two attached hydrogens (primary N) is 1. The number of guanidine groups is 1. The molecule has 0 aliphatic carbocycles. The van der Waals surface area contributed by atoms with Gasteiger partial charge in [0.1, 0.15) is 5.82 Å². The Hall–Kier alpha value is -1.87. The van der Waals surface area contributed by atoms with Crippen LogP contribution in [-0.2, 0) is 10.0 Å². The lowest BCUT2D eigenvalue weighted by atomic mass is 10.3. The molecule has 110 valence electrons. The lowest BCUT2D eigenvalue weighted by molar-refractivity contribution is 0.387. The highest BCUT2D eigenvalue weighted by Gasteiger charge is 2.23. The number of aromatic nitrogens is 1. The van der Waals surface area contributed by atoms with Crippen LogP contribution in [0.15, 0.2) is 18.3 Å². The van der Waals surface area contributed by atoms with Crippen LogP contribution in [0.2, 0.25) is 0 Å². The van der Waals surface area contributed by atoms with Gasteiger partial charge < -0.3 is 16.0 Å². The van der Waals surface area contributed by atoms with Crippen molar-refractivity contribution >= 4 is 27.5 Å². The monoisotopic (exact) mass is 298 g/mol. The molecule has 1 saturated heterocycles. The third kappa shape index (κ3) is 3.58. The minimum Gasteiger partial charge on any atom is -0.370 e. The maximum absolute atomic E-state index is 11.4. The van der Waals surface area contributed by atoms with E-state index in [9.17, 15) is 8.42 Å². The van der Waals surface area contributed by atoms with Crippen LogP contribution in [0.3, 0.4) is 0 Å². The van der Waals surface area contributed by atoms with Crippen LogP contribution in [0.25, 0.3) is 0 Å². The van der Waals surface area contributed by atoms with E-state index in [0.717, 1.165) is 5.82 Å². The quantitative estimate of drug-likeness (QED) is 0.510. The summed E-state index contributed by atoms with van der Waals surface area (Å²) < 4.78 is 24.3. The second-order valence-electron chi connectivity index (χ2n) is 4.59. The number of nitrogens with zero attached hydrogens (tertiary/aromatic N) is 3. The van der Waals surface area contributed by atoms with E-state index < -0.39 is 10.0 Å². The second-order valence-corrected chi connectivity index (χ2v) is 6.58. The topological polar surface area (TPSA) is 115 Å². The standard InChI is InChI=1S/C11H18N6O2S/c1-20(18,19)17-6-4-16(5-7-17)10-3-2-9(8-14-10)15-11(12)13/h2-3,8H,4-7H2,1H3,(H4,12,13,15). The van der Waals surface area contributed by atoms with Gasteiger partial charge >= 0.3 is 0 Å². The van der Waals surface area contributed by atoms with E-state index in [1.165, 1.54) is 10.6 Å². The Kier molecular flexibility index (Phi) is 4.09. The second kappa shape index (κ2) is 5.63. The highest BCUT2D eigenvalue weighted by Crippen LogP contribution is 2.16. The highest BCUT2D eigenvalue weighted by molar-refractivity contribution is 7.88. The summed E-state index contributed by atoms with van der Waals surface area (Å²) in [6.07, 6.45) is 2.82. The first kappa shape index (κ1) is 14.5. The van der Waals surface area contributed by atoms with Gasteiger partial charge in [0.2, 0.25) is 10.0 Å². The normalized spacial score (nSPS) is 16.9. The largest absolute Gasteiger partial charge is 0.370 e. The predicted molar refractivity (Wildman–Crippen MR) is 78.4 cm³/mol. The van der Waals surface area contributed by atoms with Crippen LogP contribution in [-0.4, -0.2) is 56.1 Å². The van der Waals surface area contributed by atoms with E-state index >= 15 is 0 Å². The maximum Gasteiger partial charge on any atom is 0.211 e. The first-order valence-corrected chi connectivity index (χ1v) is 7.98. The average Bonchev–Trinajstić information content (AvgIpc) is 2.38. The van der Waals surface area contributed by atoms with Gasteiger partial charge in [-0.3, -0.25) is 5.41 Å². The van der Waals surface area contributed by atoms with Gasteiger partial charge in [0.25, 0.3) is 0 Å².